The third-order valence-corrected chi connectivity index (χ3v) is 4.59. The van der Waals surface area contributed by atoms with E-state index in [1.54, 1.807) is 25.1 Å². The lowest BCUT2D eigenvalue weighted by atomic mass is 9.84. The van der Waals surface area contributed by atoms with E-state index in [-0.39, 0.29) is 17.9 Å². The highest BCUT2D eigenvalue weighted by Gasteiger charge is 2.26. The van der Waals surface area contributed by atoms with Gasteiger partial charge in [-0.05, 0) is 36.8 Å². The summed E-state index contributed by atoms with van der Waals surface area (Å²) in [5.41, 5.74) is -0.0435. The SMILES string of the molecule is CC(c1cc(F)ccc1F)N(C)C(=O)NCC(C)(C)c1ccccc1F. The van der Waals surface area contributed by atoms with E-state index in [9.17, 15) is 18.0 Å². The molecular weight excluding hydrogens is 341 g/mol. The van der Waals surface area contributed by atoms with E-state index in [2.05, 4.69) is 5.32 Å². The molecule has 2 aromatic carbocycles. The summed E-state index contributed by atoms with van der Waals surface area (Å²) in [4.78, 5) is 13.7. The Labute approximate surface area is 151 Å². The van der Waals surface area contributed by atoms with Crippen molar-refractivity contribution in [3.63, 3.8) is 0 Å². The van der Waals surface area contributed by atoms with E-state index in [0.29, 0.717) is 5.56 Å². The monoisotopic (exact) mass is 364 g/mol. The Bertz CT molecular complexity index is 792. The van der Waals surface area contributed by atoms with E-state index in [1.165, 1.54) is 18.0 Å². The molecule has 6 heteroatoms. The molecule has 3 nitrogen and oxygen atoms in total. The van der Waals surface area contributed by atoms with Crippen LogP contribution in [-0.4, -0.2) is 24.5 Å². The van der Waals surface area contributed by atoms with Crippen LogP contribution in [0.5, 0.6) is 0 Å². The van der Waals surface area contributed by atoms with Crippen molar-refractivity contribution in [2.75, 3.05) is 13.6 Å². The number of halogens is 3. The molecule has 2 amide bonds. The summed E-state index contributed by atoms with van der Waals surface area (Å²) < 4.78 is 41.3. The number of amides is 2. The molecule has 0 aliphatic carbocycles. The van der Waals surface area contributed by atoms with Crippen molar-refractivity contribution in [3.05, 3.63) is 71.0 Å². The van der Waals surface area contributed by atoms with Crippen LogP contribution >= 0.6 is 0 Å². The molecule has 1 unspecified atom stereocenters. The summed E-state index contributed by atoms with van der Waals surface area (Å²) in [6.07, 6.45) is 0. The van der Waals surface area contributed by atoms with Crippen molar-refractivity contribution in [2.45, 2.75) is 32.2 Å². The van der Waals surface area contributed by atoms with Gasteiger partial charge in [0.2, 0.25) is 0 Å². The minimum atomic E-state index is -0.665. The molecule has 0 radical (unpaired) electrons. The van der Waals surface area contributed by atoms with E-state index < -0.39 is 29.1 Å². The minimum absolute atomic E-state index is 0.0935. The fraction of sp³-hybridized carbons (Fsp3) is 0.350. The number of benzene rings is 2. The second kappa shape index (κ2) is 7.81. The largest absolute Gasteiger partial charge is 0.337 e. The lowest BCUT2D eigenvalue weighted by Crippen LogP contribution is -2.44. The first-order valence-corrected chi connectivity index (χ1v) is 8.34. The van der Waals surface area contributed by atoms with Crippen molar-refractivity contribution in [1.29, 1.82) is 0 Å². The zero-order valence-electron chi connectivity index (χ0n) is 15.3. The van der Waals surface area contributed by atoms with Crippen molar-refractivity contribution >= 4 is 6.03 Å². The average molecular weight is 364 g/mol. The molecule has 1 N–H and O–H groups in total. The number of carbonyl (C=O) groups is 1. The summed E-state index contributed by atoms with van der Waals surface area (Å²) >= 11 is 0. The molecule has 0 saturated carbocycles. The highest BCUT2D eigenvalue weighted by atomic mass is 19.1. The van der Waals surface area contributed by atoms with Gasteiger partial charge in [-0.3, -0.25) is 0 Å². The molecule has 1 atom stereocenters. The lowest BCUT2D eigenvalue weighted by Gasteiger charge is -2.30. The summed E-state index contributed by atoms with van der Waals surface area (Å²) in [6.45, 7) is 5.44. The molecule has 0 fully saturated rings. The van der Waals surface area contributed by atoms with Gasteiger partial charge >= 0.3 is 6.03 Å². The Morgan fingerprint density at radius 1 is 1.12 bits per heavy atom. The summed E-state index contributed by atoms with van der Waals surface area (Å²) in [6, 6.07) is 8.42. The van der Waals surface area contributed by atoms with Crippen LogP contribution in [0, 0.1) is 17.5 Å². The Morgan fingerprint density at radius 2 is 1.77 bits per heavy atom. The molecule has 0 spiro atoms. The fourth-order valence-corrected chi connectivity index (χ4v) is 2.75. The second-order valence-electron chi connectivity index (χ2n) is 6.98. The van der Waals surface area contributed by atoms with Crippen LogP contribution in [0.25, 0.3) is 0 Å². The molecule has 0 aliphatic rings. The second-order valence-corrected chi connectivity index (χ2v) is 6.98. The Balaban J connectivity index is 2.07. The normalized spacial score (nSPS) is 12.6. The highest BCUT2D eigenvalue weighted by molar-refractivity contribution is 5.74. The van der Waals surface area contributed by atoms with Crippen molar-refractivity contribution in [1.82, 2.24) is 10.2 Å². The number of rotatable bonds is 5. The maximum Gasteiger partial charge on any atom is 0.317 e. The zero-order chi connectivity index (χ0) is 19.5. The number of urea groups is 1. The van der Waals surface area contributed by atoms with E-state index in [1.807, 2.05) is 13.8 Å². The van der Waals surface area contributed by atoms with Crippen LogP contribution in [0.3, 0.4) is 0 Å². The Kier molecular flexibility index (Phi) is 5.95. The maximum absolute atomic E-state index is 14.0. The van der Waals surface area contributed by atoms with Crippen LogP contribution in [0.2, 0.25) is 0 Å². The van der Waals surface area contributed by atoms with Gasteiger partial charge < -0.3 is 10.2 Å². The van der Waals surface area contributed by atoms with Crippen LogP contribution < -0.4 is 5.32 Å². The van der Waals surface area contributed by atoms with Gasteiger partial charge in [-0.15, -0.1) is 0 Å². The van der Waals surface area contributed by atoms with Crippen LogP contribution in [0.15, 0.2) is 42.5 Å². The standard InChI is InChI=1S/C20H23F3N2O/c1-13(15-11-14(21)9-10-17(15)22)25(4)19(26)24-12-20(2,3)16-7-5-6-8-18(16)23/h5-11,13H,12H2,1-4H3,(H,24,26). The molecule has 0 aliphatic heterocycles. The third kappa shape index (κ3) is 4.36. The van der Waals surface area contributed by atoms with E-state index in [4.69, 9.17) is 0 Å². The first-order valence-electron chi connectivity index (χ1n) is 8.34. The molecule has 2 rings (SSSR count). The van der Waals surface area contributed by atoms with Crippen molar-refractivity contribution < 1.29 is 18.0 Å². The smallest absolute Gasteiger partial charge is 0.317 e. The number of nitrogens with one attached hydrogen (secondary N) is 1. The first kappa shape index (κ1) is 19.8. The third-order valence-electron chi connectivity index (χ3n) is 4.59. The summed E-state index contributed by atoms with van der Waals surface area (Å²) in [7, 11) is 1.50. The van der Waals surface area contributed by atoms with Crippen LogP contribution in [0.1, 0.15) is 37.9 Å². The zero-order valence-corrected chi connectivity index (χ0v) is 15.3. The van der Waals surface area contributed by atoms with Crippen molar-refractivity contribution in [2.24, 2.45) is 0 Å². The lowest BCUT2D eigenvalue weighted by molar-refractivity contribution is 0.191. The predicted molar refractivity (Wildman–Crippen MR) is 95.4 cm³/mol. The molecular formula is C20H23F3N2O. The van der Waals surface area contributed by atoms with Gasteiger partial charge in [0.05, 0.1) is 6.04 Å². The van der Waals surface area contributed by atoms with Gasteiger partial charge in [-0.1, -0.05) is 32.0 Å². The van der Waals surface area contributed by atoms with Gasteiger partial charge in [0.1, 0.15) is 17.5 Å². The van der Waals surface area contributed by atoms with Crippen molar-refractivity contribution in [3.8, 4) is 0 Å². The van der Waals surface area contributed by atoms with Crippen LogP contribution in [0.4, 0.5) is 18.0 Å². The molecule has 0 aromatic heterocycles. The molecule has 0 saturated heterocycles. The Morgan fingerprint density at radius 3 is 2.42 bits per heavy atom. The van der Waals surface area contributed by atoms with E-state index >= 15 is 0 Å². The predicted octanol–water partition coefficient (Wildman–Crippen LogP) is 4.78. The van der Waals surface area contributed by atoms with Gasteiger partial charge in [-0.2, -0.15) is 0 Å². The molecule has 2 aromatic rings. The molecule has 26 heavy (non-hydrogen) atoms. The first-order chi connectivity index (χ1) is 12.1. The maximum atomic E-state index is 14.0. The summed E-state index contributed by atoms with van der Waals surface area (Å²) in [5, 5.41) is 2.74. The molecule has 0 heterocycles. The Hall–Kier alpha value is -2.50. The topological polar surface area (TPSA) is 32.3 Å². The molecule has 140 valence electrons. The van der Waals surface area contributed by atoms with E-state index in [0.717, 1.165) is 18.2 Å². The van der Waals surface area contributed by atoms with Crippen LogP contribution in [-0.2, 0) is 5.41 Å². The number of hydrogen-bond donors (Lipinski definition) is 1. The molecule has 0 bridgehead atoms. The number of nitrogens with zero attached hydrogens (tertiary/aromatic N) is 1. The summed E-state index contributed by atoms with van der Waals surface area (Å²) in [5.74, 6) is -1.48. The van der Waals surface area contributed by atoms with Gasteiger partial charge in [-0.25, -0.2) is 18.0 Å². The van der Waals surface area contributed by atoms with Gasteiger partial charge in [0, 0.05) is 24.6 Å². The average Bonchev–Trinajstić information content (AvgIpc) is 2.60. The minimum Gasteiger partial charge on any atom is -0.337 e. The number of carbonyl (C=O) groups excluding carboxylic acids is 1. The number of hydrogen-bond acceptors (Lipinski definition) is 1. The fourth-order valence-electron chi connectivity index (χ4n) is 2.75. The quantitative estimate of drug-likeness (QED) is 0.813. The highest BCUT2D eigenvalue weighted by Crippen LogP contribution is 2.26. The van der Waals surface area contributed by atoms with Gasteiger partial charge in [0.25, 0.3) is 0 Å². The van der Waals surface area contributed by atoms with Gasteiger partial charge in [0.15, 0.2) is 0 Å².